The molecule has 0 bridgehead atoms. The maximum absolute atomic E-state index is 4.15. The fourth-order valence-electron chi connectivity index (χ4n) is 10.9. The van der Waals surface area contributed by atoms with E-state index in [9.17, 15) is 0 Å². The Morgan fingerprint density at radius 1 is 0.567 bits per heavy atom. The maximum atomic E-state index is 4.15. The number of nitrogens with one attached hydrogen (secondary N) is 1. The molecule has 3 aromatic heterocycles. The van der Waals surface area contributed by atoms with Crippen LogP contribution in [0.2, 0.25) is 0 Å². The highest BCUT2D eigenvalue weighted by Crippen LogP contribution is 2.51. The zero-order valence-corrected chi connectivity index (χ0v) is 36.1. The van der Waals surface area contributed by atoms with E-state index in [1.807, 2.05) is 22.7 Å². The molecule has 2 nitrogen and oxygen atoms in total. The van der Waals surface area contributed by atoms with E-state index < -0.39 is 0 Å². The quantitative estimate of drug-likeness (QED) is 0.176. The summed E-state index contributed by atoms with van der Waals surface area (Å²) >= 11 is 3.85. The number of fused-ring (bicyclic) bond motifs is 14. The molecule has 1 aliphatic carbocycles. The summed E-state index contributed by atoms with van der Waals surface area (Å²) in [5.41, 5.74) is 15.8. The molecule has 0 saturated heterocycles. The topological polar surface area (TPSA) is 17.0 Å². The minimum absolute atomic E-state index is 0.107. The molecule has 0 amide bonds. The highest BCUT2D eigenvalue weighted by molar-refractivity contribution is 7.27. The number of nitrogens with zero attached hydrogens (tertiary/aromatic N) is 1. The largest absolute Gasteiger partial charge is 0.355 e. The molecule has 1 aliphatic heterocycles. The van der Waals surface area contributed by atoms with Crippen LogP contribution in [0.15, 0.2) is 133 Å². The van der Waals surface area contributed by atoms with Crippen molar-refractivity contribution >= 4 is 125 Å². The number of thiophene rings is 2. The zero-order chi connectivity index (χ0) is 40.2. The van der Waals surface area contributed by atoms with E-state index in [2.05, 4.69) is 185 Å². The number of hydrogen-bond donors (Lipinski definition) is 1. The first-order chi connectivity index (χ1) is 29.1. The summed E-state index contributed by atoms with van der Waals surface area (Å²) < 4.78 is 7.91. The molecule has 0 atom stereocenters. The van der Waals surface area contributed by atoms with Gasteiger partial charge in [0, 0.05) is 68.9 Å². The first-order valence-electron chi connectivity index (χ1n) is 21.3. The van der Waals surface area contributed by atoms with Crippen LogP contribution in [0, 0.1) is 6.92 Å². The van der Waals surface area contributed by atoms with Crippen molar-refractivity contribution < 1.29 is 0 Å². The first kappa shape index (κ1) is 34.9. The molecule has 1 N–H and O–H groups in total. The van der Waals surface area contributed by atoms with Gasteiger partial charge in [-0.05, 0) is 112 Å². The van der Waals surface area contributed by atoms with E-state index in [4.69, 9.17) is 0 Å². The number of para-hydroxylation sites is 1. The van der Waals surface area contributed by atoms with Crippen molar-refractivity contribution in [1.82, 2.24) is 4.57 Å². The average Bonchev–Trinajstić information content (AvgIpc) is 3.92. The lowest BCUT2D eigenvalue weighted by Gasteiger charge is -2.42. The summed E-state index contributed by atoms with van der Waals surface area (Å²) in [7, 11) is 2.50. The molecule has 1 radical (unpaired) electrons. The van der Waals surface area contributed by atoms with Gasteiger partial charge >= 0.3 is 0 Å². The molecule has 60 heavy (non-hydrogen) atoms. The van der Waals surface area contributed by atoms with Gasteiger partial charge in [-0.15, -0.1) is 22.7 Å². The van der Waals surface area contributed by atoms with Gasteiger partial charge in [0.25, 0.3) is 0 Å². The normalized spacial score (nSPS) is 15.3. The van der Waals surface area contributed by atoms with Crippen LogP contribution in [-0.4, -0.2) is 11.8 Å². The first-order valence-corrected chi connectivity index (χ1v) is 22.9. The van der Waals surface area contributed by atoms with Gasteiger partial charge in [-0.25, -0.2) is 0 Å². The number of anilines is 2. The second kappa shape index (κ2) is 12.1. The molecule has 2 aliphatic rings. The van der Waals surface area contributed by atoms with Gasteiger partial charge in [0.05, 0.1) is 15.9 Å². The van der Waals surface area contributed by atoms with Gasteiger partial charge < -0.3 is 9.88 Å². The molecule has 5 heteroatoms. The molecule has 4 heterocycles. The van der Waals surface area contributed by atoms with Crippen molar-refractivity contribution in [3.8, 4) is 16.8 Å². The van der Waals surface area contributed by atoms with Crippen LogP contribution in [0.5, 0.6) is 0 Å². The van der Waals surface area contributed by atoms with Crippen LogP contribution in [0.1, 0.15) is 57.2 Å². The number of aryl methyl sites for hydroxylation is 1. The third-order valence-electron chi connectivity index (χ3n) is 14.2. The van der Waals surface area contributed by atoms with Gasteiger partial charge in [-0.3, -0.25) is 0 Å². The van der Waals surface area contributed by atoms with Crippen LogP contribution in [0.3, 0.4) is 0 Å². The van der Waals surface area contributed by atoms with E-state index >= 15 is 0 Å². The Labute approximate surface area is 358 Å². The zero-order valence-electron chi connectivity index (χ0n) is 34.5. The Bertz CT molecular complexity index is 3690. The molecular weight excluding hydrogens is 764 g/mol. The molecule has 287 valence electrons. The second-order valence-corrected chi connectivity index (χ2v) is 20.8. The van der Waals surface area contributed by atoms with Gasteiger partial charge in [0.2, 0.25) is 0 Å². The Kier molecular flexibility index (Phi) is 7.06. The molecule has 0 unspecified atom stereocenters. The predicted octanol–water partition coefficient (Wildman–Crippen LogP) is 14.7. The second-order valence-electron chi connectivity index (χ2n) is 18.7. The Morgan fingerprint density at radius 2 is 1.22 bits per heavy atom. The molecule has 11 aromatic rings. The van der Waals surface area contributed by atoms with Crippen LogP contribution in [0.4, 0.5) is 11.4 Å². The van der Waals surface area contributed by atoms with E-state index in [0.29, 0.717) is 0 Å². The lowest BCUT2D eigenvalue weighted by Crippen LogP contribution is -2.37. The Hall–Kier alpha value is -5.88. The smallest absolute Gasteiger partial charge is 0.197 e. The fourth-order valence-corrected chi connectivity index (χ4v) is 13.4. The van der Waals surface area contributed by atoms with E-state index in [1.54, 1.807) is 0 Å². The molecule has 8 aromatic carbocycles. The number of rotatable bonds is 3. The van der Waals surface area contributed by atoms with Gasteiger partial charge in [0.15, 0.2) is 7.28 Å². The van der Waals surface area contributed by atoms with Crippen molar-refractivity contribution in [2.75, 3.05) is 5.32 Å². The molecule has 0 fully saturated rings. The Balaban J connectivity index is 1.16. The van der Waals surface area contributed by atoms with E-state index in [1.165, 1.54) is 136 Å². The van der Waals surface area contributed by atoms with Crippen molar-refractivity contribution in [2.45, 2.75) is 58.3 Å². The number of benzene rings is 8. The molecule has 13 rings (SSSR count). The summed E-state index contributed by atoms with van der Waals surface area (Å²) in [4.78, 5) is 0. The minimum atomic E-state index is 0.107. The summed E-state index contributed by atoms with van der Waals surface area (Å²) in [5, 5.41) is 14.5. The fraction of sp³-hybridized carbons (Fsp3) is 0.164. The SMILES string of the molecule is Cc1cc2c(cc1Nc1ccc3c(sc4ccccc43)c1-c1cc3c(sc4ccccc43)c3c1[B]c1cccc4c5cc6ccccc6cc5n-3c14)C(C)(C)CCC2(C)C. The van der Waals surface area contributed by atoms with Gasteiger partial charge in [-0.1, -0.05) is 124 Å². The third kappa shape index (κ3) is 4.76. The molecule has 0 saturated carbocycles. The van der Waals surface area contributed by atoms with Crippen molar-refractivity contribution in [1.29, 1.82) is 0 Å². The molecule has 0 spiro atoms. The van der Waals surface area contributed by atoms with Crippen LogP contribution < -0.4 is 16.2 Å². The standard InChI is InChI=1S/C55H42BN2S2/c1-30-25-40-41(55(4,5)24-23-54(40,2)3)29-44(30)57-43-22-21-36-33-15-8-10-19-46(33)59-52(36)48(43)39-28-38-34-16-9-11-20-47(34)60-53(38)51-49(39)56-42-18-12-17-35-37-26-31-13-6-7-14-32(31)27-45(37)58(51)50(35)42/h6-22,25-29,57H,23-24H2,1-5H3. The minimum Gasteiger partial charge on any atom is -0.355 e. The lowest BCUT2D eigenvalue weighted by atomic mass is 9.59. The lowest BCUT2D eigenvalue weighted by molar-refractivity contribution is 0.332. The van der Waals surface area contributed by atoms with Gasteiger partial charge in [0.1, 0.15) is 0 Å². The third-order valence-corrected chi connectivity index (χ3v) is 16.6. The summed E-state index contributed by atoms with van der Waals surface area (Å²) in [5.74, 6) is 0. The average molecular weight is 806 g/mol. The summed E-state index contributed by atoms with van der Waals surface area (Å²) in [6.45, 7) is 12.0. The maximum Gasteiger partial charge on any atom is 0.197 e. The highest BCUT2D eigenvalue weighted by Gasteiger charge is 2.38. The monoisotopic (exact) mass is 805 g/mol. The van der Waals surface area contributed by atoms with E-state index in [0.717, 1.165) is 5.69 Å². The molecular formula is C55H42BN2S2. The Morgan fingerprint density at radius 3 is 1.98 bits per heavy atom. The van der Waals surface area contributed by atoms with Crippen LogP contribution in [-0.2, 0) is 10.8 Å². The predicted molar refractivity (Wildman–Crippen MR) is 264 cm³/mol. The summed E-state index contributed by atoms with van der Waals surface area (Å²) in [6.07, 6.45) is 2.39. The van der Waals surface area contributed by atoms with Crippen molar-refractivity contribution in [2.24, 2.45) is 0 Å². The van der Waals surface area contributed by atoms with Crippen LogP contribution >= 0.6 is 22.7 Å². The van der Waals surface area contributed by atoms with Crippen molar-refractivity contribution in [3.63, 3.8) is 0 Å². The number of aromatic nitrogens is 1. The van der Waals surface area contributed by atoms with Crippen molar-refractivity contribution in [3.05, 3.63) is 150 Å². The van der Waals surface area contributed by atoms with Gasteiger partial charge in [-0.2, -0.15) is 0 Å². The summed E-state index contributed by atoms with van der Waals surface area (Å²) in [6, 6.07) is 50.7. The highest BCUT2D eigenvalue weighted by atomic mass is 32.1. The van der Waals surface area contributed by atoms with E-state index in [-0.39, 0.29) is 10.8 Å². The van der Waals surface area contributed by atoms with Crippen LogP contribution in [0.25, 0.3) is 89.7 Å². The number of hydrogen-bond acceptors (Lipinski definition) is 3.